The first-order valence-corrected chi connectivity index (χ1v) is 11.1. The molecule has 0 saturated heterocycles. The standard InChI is InChI=1S/C28H24O4/c1-17-10-12-19(13-11-17)31-22-8-4-5-9-23(22)32-28-15-14-18(16-28)24-25(28)27(30)21-7-3-2-6-20(21)26(24)29/h2-13,18,29-30H,14-16H2,1H3. The predicted molar refractivity (Wildman–Crippen MR) is 124 cm³/mol. The lowest BCUT2D eigenvalue weighted by molar-refractivity contribution is 0.0739. The fraction of sp³-hybridized carbons (Fsp3) is 0.214. The van der Waals surface area contributed by atoms with Crippen molar-refractivity contribution in [1.82, 2.24) is 0 Å². The minimum atomic E-state index is -0.682. The molecule has 2 N–H and O–H groups in total. The Morgan fingerprint density at radius 2 is 1.47 bits per heavy atom. The molecule has 4 aromatic carbocycles. The van der Waals surface area contributed by atoms with Gasteiger partial charge in [-0.15, -0.1) is 0 Å². The lowest BCUT2D eigenvalue weighted by Gasteiger charge is -2.32. The summed E-state index contributed by atoms with van der Waals surface area (Å²) in [6.07, 6.45) is 2.44. The maximum absolute atomic E-state index is 11.3. The summed E-state index contributed by atoms with van der Waals surface area (Å²) in [5.74, 6) is 2.67. The summed E-state index contributed by atoms with van der Waals surface area (Å²) in [6.45, 7) is 2.04. The molecule has 2 aliphatic rings. The van der Waals surface area contributed by atoms with Crippen LogP contribution in [0.25, 0.3) is 10.8 Å². The van der Waals surface area contributed by atoms with E-state index in [1.54, 1.807) is 0 Å². The Hall–Kier alpha value is -3.66. The maximum Gasteiger partial charge on any atom is 0.169 e. The highest BCUT2D eigenvalue weighted by Gasteiger charge is 2.55. The molecule has 2 unspecified atom stereocenters. The number of fused-ring (bicyclic) bond motifs is 6. The maximum atomic E-state index is 11.3. The number of benzene rings is 4. The molecule has 32 heavy (non-hydrogen) atoms. The van der Waals surface area contributed by atoms with E-state index in [-0.39, 0.29) is 17.4 Å². The molecule has 0 radical (unpaired) electrons. The Labute approximate surface area is 186 Å². The summed E-state index contributed by atoms with van der Waals surface area (Å²) < 4.78 is 12.8. The van der Waals surface area contributed by atoms with Crippen molar-refractivity contribution >= 4 is 10.8 Å². The lowest BCUT2D eigenvalue weighted by atomic mass is 9.85. The molecule has 0 spiro atoms. The van der Waals surface area contributed by atoms with Crippen LogP contribution in [0, 0.1) is 6.92 Å². The number of rotatable bonds is 4. The minimum Gasteiger partial charge on any atom is -0.507 e. The van der Waals surface area contributed by atoms with Crippen LogP contribution in [0.2, 0.25) is 0 Å². The van der Waals surface area contributed by atoms with Crippen molar-refractivity contribution in [3.05, 3.63) is 89.5 Å². The van der Waals surface area contributed by atoms with Crippen molar-refractivity contribution in [3.63, 3.8) is 0 Å². The van der Waals surface area contributed by atoms with E-state index < -0.39 is 5.60 Å². The third-order valence-electron chi connectivity index (χ3n) is 6.94. The molecular formula is C28H24O4. The number of phenols is 2. The number of aryl methyl sites for hydroxylation is 1. The van der Waals surface area contributed by atoms with Crippen LogP contribution in [0.15, 0.2) is 72.8 Å². The molecule has 4 aromatic rings. The van der Waals surface area contributed by atoms with Gasteiger partial charge in [0.25, 0.3) is 0 Å². The SMILES string of the molecule is Cc1ccc(Oc2ccccc2OC23CCC(C2)c2c3c(O)c3ccccc3c2O)cc1. The zero-order chi connectivity index (χ0) is 21.9. The second-order valence-corrected chi connectivity index (χ2v) is 8.93. The highest BCUT2D eigenvalue weighted by Crippen LogP contribution is 2.64. The quantitative estimate of drug-likeness (QED) is 0.350. The van der Waals surface area contributed by atoms with Gasteiger partial charge in [-0.25, -0.2) is 0 Å². The van der Waals surface area contributed by atoms with Crippen molar-refractivity contribution in [2.24, 2.45) is 0 Å². The minimum absolute atomic E-state index is 0.172. The zero-order valence-corrected chi connectivity index (χ0v) is 17.8. The van der Waals surface area contributed by atoms with E-state index in [0.717, 1.165) is 36.1 Å². The number of hydrogen-bond acceptors (Lipinski definition) is 4. The van der Waals surface area contributed by atoms with Gasteiger partial charge in [0, 0.05) is 21.9 Å². The Balaban J connectivity index is 1.44. The molecule has 1 saturated carbocycles. The van der Waals surface area contributed by atoms with Gasteiger partial charge in [-0.05, 0) is 56.4 Å². The van der Waals surface area contributed by atoms with E-state index in [1.165, 1.54) is 5.56 Å². The van der Waals surface area contributed by atoms with Crippen LogP contribution in [0.5, 0.6) is 28.7 Å². The molecule has 0 aliphatic heterocycles. The van der Waals surface area contributed by atoms with E-state index in [2.05, 4.69) is 0 Å². The molecule has 0 amide bonds. The van der Waals surface area contributed by atoms with Crippen molar-refractivity contribution < 1.29 is 19.7 Å². The molecule has 2 atom stereocenters. The number of ether oxygens (including phenoxy) is 2. The zero-order valence-electron chi connectivity index (χ0n) is 17.8. The average molecular weight is 424 g/mol. The Morgan fingerprint density at radius 3 is 2.22 bits per heavy atom. The summed E-state index contributed by atoms with van der Waals surface area (Å²) in [6, 6.07) is 23.0. The predicted octanol–water partition coefficient (Wildman–Crippen LogP) is 6.91. The normalized spacial score (nSPS) is 21.0. The van der Waals surface area contributed by atoms with E-state index in [4.69, 9.17) is 9.47 Å². The molecular weight excluding hydrogens is 400 g/mol. The van der Waals surface area contributed by atoms with Crippen molar-refractivity contribution in [1.29, 1.82) is 0 Å². The molecule has 6 rings (SSSR count). The number of aromatic hydroxyl groups is 2. The molecule has 2 bridgehead atoms. The van der Waals surface area contributed by atoms with Crippen LogP contribution in [0.3, 0.4) is 0 Å². The van der Waals surface area contributed by atoms with Gasteiger partial charge >= 0.3 is 0 Å². The molecule has 0 heterocycles. The number of para-hydroxylation sites is 2. The fourth-order valence-electron chi connectivity index (χ4n) is 5.47. The molecule has 0 aromatic heterocycles. The van der Waals surface area contributed by atoms with Gasteiger partial charge in [-0.2, -0.15) is 0 Å². The van der Waals surface area contributed by atoms with Gasteiger partial charge in [0.05, 0.1) is 0 Å². The highest BCUT2D eigenvalue weighted by atomic mass is 16.5. The van der Waals surface area contributed by atoms with Crippen molar-refractivity contribution in [3.8, 4) is 28.7 Å². The van der Waals surface area contributed by atoms with Crippen LogP contribution in [-0.2, 0) is 5.60 Å². The first-order chi connectivity index (χ1) is 15.6. The summed E-state index contributed by atoms with van der Waals surface area (Å²) >= 11 is 0. The van der Waals surface area contributed by atoms with Crippen LogP contribution in [0.4, 0.5) is 0 Å². The van der Waals surface area contributed by atoms with Gasteiger partial charge in [0.15, 0.2) is 11.5 Å². The van der Waals surface area contributed by atoms with Crippen molar-refractivity contribution in [2.45, 2.75) is 37.7 Å². The van der Waals surface area contributed by atoms with Gasteiger partial charge in [0.1, 0.15) is 22.8 Å². The van der Waals surface area contributed by atoms with E-state index >= 15 is 0 Å². The third-order valence-corrected chi connectivity index (χ3v) is 6.94. The van der Waals surface area contributed by atoms with Crippen LogP contribution < -0.4 is 9.47 Å². The molecule has 160 valence electrons. The average Bonchev–Trinajstić information content (AvgIpc) is 3.37. The Bertz CT molecular complexity index is 1340. The van der Waals surface area contributed by atoms with Gasteiger partial charge in [-0.3, -0.25) is 0 Å². The summed E-state index contributed by atoms with van der Waals surface area (Å²) in [7, 11) is 0. The Kier molecular flexibility index (Phi) is 4.12. The number of phenolic OH excluding ortho intramolecular Hbond substituents is 2. The monoisotopic (exact) mass is 424 g/mol. The highest BCUT2D eigenvalue weighted by molar-refractivity contribution is 5.96. The van der Waals surface area contributed by atoms with Crippen LogP contribution >= 0.6 is 0 Å². The second-order valence-electron chi connectivity index (χ2n) is 8.93. The first kappa shape index (κ1) is 19.1. The van der Waals surface area contributed by atoms with Gasteiger partial charge in [0.2, 0.25) is 0 Å². The van der Waals surface area contributed by atoms with E-state index in [9.17, 15) is 10.2 Å². The molecule has 1 fully saturated rings. The van der Waals surface area contributed by atoms with E-state index in [1.807, 2.05) is 79.7 Å². The van der Waals surface area contributed by atoms with Crippen molar-refractivity contribution in [2.75, 3.05) is 0 Å². The van der Waals surface area contributed by atoms with E-state index in [0.29, 0.717) is 22.3 Å². The fourth-order valence-corrected chi connectivity index (χ4v) is 5.47. The topological polar surface area (TPSA) is 58.9 Å². The van der Waals surface area contributed by atoms with Gasteiger partial charge in [-0.1, -0.05) is 54.1 Å². The molecule has 4 heteroatoms. The first-order valence-electron chi connectivity index (χ1n) is 11.1. The Morgan fingerprint density at radius 1 is 0.812 bits per heavy atom. The smallest absolute Gasteiger partial charge is 0.169 e. The van der Waals surface area contributed by atoms with Crippen LogP contribution in [0.1, 0.15) is 41.9 Å². The largest absolute Gasteiger partial charge is 0.507 e. The summed E-state index contributed by atoms with van der Waals surface area (Å²) in [5.41, 5.74) is 2.06. The molecule has 2 aliphatic carbocycles. The number of hydrogen-bond donors (Lipinski definition) is 2. The molecule has 4 nitrogen and oxygen atoms in total. The van der Waals surface area contributed by atoms with Gasteiger partial charge < -0.3 is 19.7 Å². The third kappa shape index (κ3) is 2.76. The second kappa shape index (κ2) is 6.92. The van der Waals surface area contributed by atoms with Crippen LogP contribution in [-0.4, -0.2) is 10.2 Å². The lowest BCUT2D eigenvalue weighted by Crippen LogP contribution is -2.29. The summed E-state index contributed by atoms with van der Waals surface area (Å²) in [4.78, 5) is 0. The summed E-state index contributed by atoms with van der Waals surface area (Å²) in [5, 5.41) is 23.7.